The first-order valence-corrected chi connectivity index (χ1v) is 9.41. The molecule has 23 heavy (non-hydrogen) atoms. The zero-order chi connectivity index (χ0) is 17.6. The molecule has 0 aromatic rings. The molecule has 2 rings (SSSR count). The number of hydrogen-bond acceptors (Lipinski definition) is 5. The second-order valence-corrected chi connectivity index (χ2v) is 9.41. The van der Waals surface area contributed by atoms with E-state index in [9.17, 15) is 18.0 Å². The van der Waals surface area contributed by atoms with Crippen molar-refractivity contribution in [3.8, 4) is 0 Å². The molecule has 0 radical (unpaired) electrons. The van der Waals surface area contributed by atoms with Crippen molar-refractivity contribution < 1.29 is 22.7 Å². The summed E-state index contributed by atoms with van der Waals surface area (Å²) in [6.45, 7) is 5.86. The van der Waals surface area contributed by atoms with Crippen molar-refractivity contribution in [2.24, 2.45) is 0 Å². The van der Waals surface area contributed by atoms with E-state index in [1.165, 1.54) is 9.80 Å². The normalized spacial score (nSPS) is 26.7. The summed E-state index contributed by atoms with van der Waals surface area (Å²) in [6.07, 6.45) is -0.526. The van der Waals surface area contributed by atoms with Crippen molar-refractivity contribution in [3.05, 3.63) is 0 Å². The summed E-state index contributed by atoms with van der Waals surface area (Å²) < 4.78 is 29.5. The molecule has 2 saturated heterocycles. The highest BCUT2D eigenvalue weighted by molar-refractivity contribution is 7.91. The third kappa shape index (κ3) is 3.88. The van der Waals surface area contributed by atoms with E-state index >= 15 is 0 Å². The summed E-state index contributed by atoms with van der Waals surface area (Å²) in [5, 5.41) is 0. The summed E-state index contributed by atoms with van der Waals surface area (Å²) in [6, 6.07) is -1.30. The van der Waals surface area contributed by atoms with Crippen LogP contribution in [0, 0.1) is 0 Å². The van der Waals surface area contributed by atoms with Gasteiger partial charge in [-0.05, 0) is 20.8 Å². The second-order valence-electron chi connectivity index (χ2n) is 7.26. The van der Waals surface area contributed by atoms with Gasteiger partial charge in [0.05, 0.1) is 23.6 Å². The Labute approximate surface area is 137 Å². The summed E-state index contributed by atoms with van der Waals surface area (Å²) in [5.41, 5.74) is -0.652. The maximum Gasteiger partial charge on any atom is 0.410 e. The van der Waals surface area contributed by atoms with Crippen molar-refractivity contribution in [2.45, 2.75) is 38.5 Å². The summed E-state index contributed by atoms with van der Waals surface area (Å²) >= 11 is 0. The lowest BCUT2D eigenvalue weighted by atomic mass is 10.1. The number of amides is 3. The van der Waals surface area contributed by atoms with Gasteiger partial charge in [-0.3, -0.25) is 0 Å². The Morgan fingerprint density at radius 3 is 2.00 bits per heavy atom. The molecule has 2 heterocycles. The standard InChI is InChI=1S/C14H25N3O5S/c1-14(2,3)22-13(19)17-7-6-16(12(18)15(4)5)10-8-23(20,21)9-11(10)17/h10-11H,6-9H2,1-5H3/t10-,11-/m1/s1. The van der Waals surface area contributed by atoms with Gasteiger partial charge in [0.15, 0.2) is 9.84 Å². The van der Waals surface area contributed by atoms with Crippen molar-refractivity contribution in [1.29, 1.82) is 0 Å². The Morgan fingerprint density at radius 1 is 1.04 bits per heavy atom. The summed E-state index contributed by atoms with van der Waals surface area (Å²) in [5.74, 6) is -0.245. The number of hydrogen-bond donors (Lipinski definition) is 0. The van der Waals surface area contributed by atoms with E-state index in [2.05, 4.69) is 0 Å². The van der Waals surface area contributed by atoms with Crippen molar-refractivity contribution in [1.82, 2.24) is 14.7 Å². The molecule has 0 saturated carbocycles. The summed E-state index contributed by atoms with van der Waals surface area (Å²) in [4.78, 5) is 29.1. The van der Waals surface area contributed by atoms with Gasteiger partial charge in [-0.2, -0.15) is 0 Å². The van der Waals surface area contributed by atoms with Gasteiger partial charge in [0.1, 0.15) is 5.60 Å². The average molecular weight is 347 g/mol. The number of ether oxygens (including phenoxy) is 1. The van der Waals surface area contributed by atoms with Crippen LogP contribution in [0.25, 0.3) is 0 Å². The highest BCUT2D eigenvalue weighted by Gasteiger charge is 2.50. The number of carbonyl (C=O) groups excluding carboxylic acids is 2. The first-order chi connectivity index (χ1) is 10.4. The molecular formula is C14H25N3O5S. The fourth-order valence-corrected chi connectivity index (χ4v) is 4.98. The lowest BCUT2D eigenvalue weighted by Crippen LogP contribution is -2.63. The van der Waals surface area contributed by atoms with Crippen LogP contribution in [0.2, 0.25) is 0 Å². The number of sulfone groups is 1. The predicted octanol–water partition coefficient (Wildman–Crippen LogP) is 0.386. The van der Waals surface area contributed by atoms with E-state index in [1.54, 1.807) is 39.8 Å². The van der Waals surface area contributed by atoms with Crippen LogP contribution in [0.5, 0.6) is 0 Å². The van der Waals surface area contributed by atoms with E-state index in [0.717, 1.165) is 0 Å². The smallest absolute Gasteiger partial charge is 0.410 e. The molecule has 0 unspecified atom stereocenters. The quantitative estimate of drug-likeness (QED) is 0.632. The van der Waals surface area contributed by atoms with Crippen LogP contribution < -0.4 is 0 Å². The minimum atomic E-state index is -3.29. The van der Waals surface area contributed by atoms with Crippen molar-refractivity contribution in [2.75, 3.05) is 38.7 Å². The largest absolute Gasteiger partial charge is 0.444 e. The van der Waals surface area contributed by atoms with Crippen LogP contribution in [-0.2, 0) is 14.6 Å². The van der Waals surface area contributed by atoms with Crippen LogP contribution in [-0.4, -0.2) is 91.6 Å². The minimum absolute atomic E-state index is 0.115. The lowest BCUT2D eigenvalue weighted by molar-refractivity contribution is -0.00403. The average Bonchev–Trinajstić information content (AvgIpc) is 2.68. The molecule has 0 N–H and O–H groups in total. The van der Waals surface area contributed by atoms with E-state index in [0.29, 0.717) is 6.54 Å². The van der Waals surface area contributed by atoms with Crippen LogP contribution in [0.4, 0.5) is 9.59 Å². The van der Waals surface area contributed by atoms with Gasteiger partial charge in [0.25, 0.3) is 0 Å². The molecule has 0 aromatic heterocycles. The molecular weight excluding hydrogens is 322 g/mol. The SMILES string of the molecule is CN(C)C(=O)N1CCN(C(=O)OC(C)(C)C)[C@@H]2CS(=O)(=O)C[C@H]21. The Hall–Kier alpha value is -1.51. The van der Waals surface area contributed by atoms with Crippen molar-refractivity contribution >= 4 is 22.0 Å². The Kier molecular flexibility index (Phi) is 4.53. The van der Waals surface area contributed by atoms with Gasteiger partial charge in [0.2, 0.25) is 0 Å². The molecule has 9 heteroatoms. The molecule has 2 fully saturated rings. The lowest BCUT2D eigenvalue weighted by Gasteiger charge is -2.44. The van der Waals surface area contributed by atoms with Crippen LogP contribution in [0.15, 0.2) is 0 Å². The topological polar surface area (TPSA) is 87.2 Å². The highest BCUT2D eigenvalue weighted by Crippen LogP contribution is 2.28. The molecule has 8 nitrogen and oxygen atoms in total. The fourth-order valence-electron chi connectivity index (χ4n) is 2.99. The Morgan fingerprint density at radius 2 is 1.52 bits per heavy atom. The minimum Gasteiger partial charge on any atom is -0.444 e. The molecule has 2 atom stereocenters. The fraction of sp³-hybridized carbons (Fsp3) is 0.857. The van der Waals surface area contributed by atoms with Crippen molar-refractivity contribution in [3.63, 3.8) is 0 Å². The molecule has 0 aromatic carbocycles. The number of piperazine rings is 1. The molecule has 2 aliphatic heterocycles. The highest BCUT2D eigenvalue weighted by atomic mass is 32.2. The molecule has 132 valence electrons. The molecule has 2 aliphatic rings. The first-order valence-electron chi connectivity index (χ1n) is 7.59. The van der Waals surface area contributed by atoms with Gasteiger partial charge in [-0.1, -0.05) is 0 Å². The van der Waals surface area contributed by atoms with Gasteiger partial charge >= 0.3 is 12.1 Å². The number of carbonyl (C=O) groups is 2. The number of nitrogens with zero attached hydrogens (tertiary/aromatic N) is 3. The van der Waals surface area contributed by atoms with Gasteiger partial charge in [-0.15, -0.1) is 0 Å². The molecule has 0 spiro atoms. The number of fused-ring (bicyclic) bond motifs is 1. The first kappa shape index (κ1) is 17.8. The Balaban J connectivity index is 2.25. The summed E-state index contributed by atoms with van der Waals surface area (Å²) in [7, 11) is -0.0409. The zero-order valence-corrected chi connectivity index (χ0v) is 15.1. The Bertz CT molecular complexity index is 596. The van der Waals surface area contributed by atoms with E-state index in [4.69, 9.17) is 4.74 Å². The number of rotatable bonds is 0. The van der Waals surface area contributed by atoms with Gasteiger partial charge in [-0.25, -0.2) is 18.0 Å². The zero-order valence-electron chi connectivity index (χ0n) is 14.3. The maximum absolute atomic E-state index is 12.4. The maximum atomic E-state index is 12.4. The second kappa shape index (κ2) is 5.85. The molecule has 0 aliphatic carbocycles. The van der Waals surface area contributed by atoms with Gasteiger partial charge in [0, 0.05) is 27.2 Å². The van der Waals surface area contributed by atoms with Crippen LogP contribution in [0.1, 0.15) is 20.8 Å². The third-order valence-corrected chi connectivity index (χ3v) is 5.63. The van der Waals surface area contributed by atoms with Crippen LogP contribution in [0.3, 0.4) is 0 Å². The predicted molar refractivity (Wildman–Crippen MR) is 85.0 cm³/mol. The van der Waals surface area contributed by atoms with Gasteiger partial charge < -0.3 is 19.4 Å². The van der Waals surface area contributed by atoms with E-state index in [-0.39, 0.29) is 24.1 Å². The molecule has 3 amide bonds. The van der Waals surface area contributed by atoms with E-state index in [1.807, 2.05) is 0 Å². The molecule has 0 bridgehead atoms. The third-order valence-electron chi connectivity index (χ3n) is 3.93. The van der Waals surface area contributed by atoms with E-state index < -0.39 is 33.6 Å². The van der Waals surface area contributed by atoms with Crippen LogP contribution >= 0.6 is 0 Å². The monoisotopic (exact) mass is 347 g/mol. The number of urea groups is 1.